The molecule has 5 heteroatoms. The predicted octanol–water partition coefficient (Wildman–Crippen LogP) is 3.56. The van der Waals surface area contributed by atoms with Crippen LogP contribution in [0.4, 0.5) is 0 Å². The molecule has 0 amide bonds. The van der Waals surface area contributed by atoms with Crippen LogP contribution in [0.2, 0.25) is 0 Å². The lowest BCUT2D eigenvalue weighted by molar-refractivity contribution is -0.131. The summed E-state index contributed by atoms with van der Waals surface area (Å²) in [5.41, 5.74) is 0. The maximum atomic E-state index is 10.5. The SMILES string of the molecule is CC1(C)CCN(Cc2ccc(/C=C/C(=O)O)s2)CCS1. The first-order valence-electron chi connectivity index (χ1n) is 6.81. The number of carbonyl (C=O) groups is 1. The maximum absolute atomic E-state index is 10.5. The fourth-order valence-electron chi connectivity index (χ4n) is 2.16. The van der Waals surface area contributed by atoms with Crippen molar-refractivity contribution in [1.82, 2.24) is 4.90 Å². The van der Waals surface area contributed by atoms with Crippen molar-refractivity contribution >= 4 is 35.1 Å². The van der Waals surface area contributed by atoms with E-state index >= 15 is 0 Å². The first-order valence-corrected chi connectivity index (χ1v) is 8.61. The van der Waals surface area contributed by atoms with Gasteiger partial charge in [-0.2, -0.15) is 11.8 Å². The third-order valence-electron chi connectivity index (χ3n) is 3.38. The summed E-state index contributed by atoms with van der Waals surface area (Å²) in [6.07, 6.45) is 4.08. The van der Waals surface area contributed by atoms with Crippen LogP contribution in [0.25, 0.3) is 6.08 Å². The van der Waals surface area contributed by atoms with Gasteiger partial charge in [-0.1, -0.05) is 13.8 Å². The van der Waals surface area contributed by atoms with Crippen molar-refractivity contribution in [2.24, 2.45) is 0 Å². The lowest BCUT2D eigenvalue weighted by Gasteiger charge is -2.22. The average Bonchev–Trinajstić information content (AvgIpc) is 2.73. The van der Waals surface area contributed by atoms with Crippen LogP contribution in [0.15, 0.2) is 18.2 Å². The molecule has 0 aromatic carbocycles. The number of hydrogen-bond donors (Lipinski definition) is 1. The molecule has 2 heterocycles. The number of carboxylic acid groups (broad SMARTS) is 1. The van der Waals surface area contributed by atoms with E-state index in [-0.39, 0.29) is 0 Å². The van der Waals surface area contributed by atoms with E-state index in [1.807, 2.05) is 6.07 Å². The van der Waals surface area contributed by atoms with Crippen LogP contribution >= 0.6 is 23.1 Å². The highest BCUT2D eigenvalue weighted by Crippen LogP contribution is 2.31. The third-order valence-corrected chi connectivity index (χ3v) is 5.79. The molecule has 20 heavy (non-hydrogen) atoms. The third kappa shape index (κ3) is 4.96. The van der Waals surface area contributed by atoms with Gasteiger partial charge in [-0.25, -0.2) is 4.79 Å². The highest BCUT2D eigenvalue weighted by molar-refractivity contribution is 8.00. The van der Waals surface area contributed by atoms with Gasteiger partial charge >= 0.3 is 5.97 Å². The summed E-state index contributed by atoms with van der Waals surface area (Å²) in [4.78, 5) is 15.3. The van der Waals surface area contributed by atoms with Crippen molar-refractivity contribution in [3.05, 3.63) is 28.0 Å². The van der Waals surface area contributed by atoms with Gasteiger partial charge in [-0.3, -0.25) is 4.90 Å². The van der Waals surface area contributed by atoms with E-state index in [2.05, 4.69) is 36.6 Å². The Kier molecular flexibility index (Phi) is 5.29. The van der Waals surface area contributed by atoms with Crippen molar-refractivity contribution < 1.29 is 9.90 Å². The Labute approximate surface area is 128 Å². The quantitative estimate of drug-likeness (QED) is 0.863. The minimum absolute atomic E-state index is 0.388. The molecular weight excluding hydrogens is 290 g/mol. The van der Waals surface area contributed by atoms with Gasteiger partial charge in [0, 0.05) is 39.4 Å². The molecule has 0 spiro atoms. The van der Waals surface area contributed by atoms with Gasteiger partial charge in [-0.15, -0.1) is 11.3 Å². The molecule has 0 radical (unpaired) electrons. The van der Waals surface area contributed by atoms with Crippen LogP contribution in [-0.2, 0) is 11.3 Å². The van der Waals surface area contributed by atoms with Crippen molar-refractivity contribution in [3.8, 4) is 0 Å². The van der Waals surface area contributed by atoms with E-state index in [9.17, 15) is 4.79 Å². The normalized spacial score (nSPS) is 20.1. The van der Waals surface area contributed by atoms with Crippen LogP contribution < -0.4 is 0 Å². The highest BCUT2D eigenvalue weighted by atomic mass is 32.2. The summed E-state index contributed by atoms with van der Waals surface area (Å²) in [7, 11) is 0. The highest BCUT2D eigenvalue weighted by Gasteiger charge is 2.23. The maximum Gasteiger partial charge on any atom is 0.328 e. The fourth-order valence-corrected chi connectivity index (χ4v) is 4.26. The van der Waals surface area contributed by atoms with Crippen molar-refractivity contribution in [3.63, 3.8) is 0 Å². The largest absolute Gasteiger partial charge is 0.478 e. The average molecular weight is 311 g/mol. The van der Waals surface area contributed by atoms with Gasteiger partial charge in [0.25, 0.3) is 0 Å². The molecule has 110 valence electrons. The molecule has 1 aromatic heterocycles. The Morgan fingerprint density at radius 3 is 3.00 bits per heavy atom. The summed E-state index contributed by atoms with van der Waals surface area (Å²) < 4.78 is 0.388. The smallest absolute Gasteiger partial charge is 0.328 e. The molecule has 0 unspecified atom stereocenters. The molecule has 0 saturated carbocycles. The van der Waals surface area contributed by atoms with Crippen LogP contribution in [0.1, 0.15) is 30.0 Å². The molecule has 1 N–H and O–H groups in total. The number of nitrogens with zero attached hydrogens (tertiary/aromatic N) is 1. The number of hydrogen-bond acceptors (Lipinski definition) is 4. The zero-order valence-corrected chi connectivity index (χ0v) is 13.6. The van der Waals surface area contributed by atoms with Gasteiger partial charge in [-0.05, 0) is 31.2 Å². The first kappa shape index (κ1) is 15.6. The van der Waals surface area contributed by atoms with Crippen LogP contribution in [0, 0.1) is 0 Å². The number of thiophene rings is 1. The topological polar surface area (TPSA) is 40.5 Å². The zero-order chi connectivity index (χ0) is 14.6. The molecule has 1 saturated heterocycles. The Bertz CT molecular complexity index is 494. The van der Waals surface area contributed by atoms with Gasteiger partial charge in [0.1, 0.15) is 0 Å². The Morgan fingerprint density at radius 2 is 2.25 bits per heavy atom. The van der Waals surface area contributed by atoms with Gasteiger partial charge < -0.3 is 5.11 Å². The molecule has 0 bridgehead atoms. The number of aliphatic carboxylic acids is 1. The Balaban J connectivity index is 1.92. The van der Waals surface area contributed by atoms with E-state index in [4.69, 9.17) is 5.11 Å². The molecule has 1 aliphatic heterocycles. The molecule has 0 atom stereocenters. The number of thioether (sulfide) groups is 1. The van der Waals surface area contributed by atoms with Gasteiger partial charge in [0.05, 0.1) is 0 Å². The standard InChI is InChI=1S/C15H21NO2S2/c1-15(2)7-8-16(9-10-19-15)11-13-4-3-12(20-13)5-6-14(17)18/h3-6H,7-11H2,1-2H3,(H,17,18)/b6-5+. The lowest BCUT2D eigenvalue weighted by Crippen LogP contribution is -2.26. The molecule has 3 nitrogen and oxygen atoms in total. The van der Waals surface area contributed by atoms with Gasteiger partial charge in [0.15, 0.2) is 0 Å². The molecule has 1 aliphatic rings. The second-order valence-electron chi connectivity index (χ2n) is 5.61. The van der Waals surface area contributed by atoms with Crippen LogP contribution in [0.5, 0.6) is 0 Å². The molecule has 0 aliphatic carbocycles. The molecule has 1 fully saturated rings. The number of rotatable bonds is 4. The number of carboxylic acids is 1. The van der Waals surface area contributed by atoms with Gasteiger partial charge in [0.2, 0.25) is 0 Å². The summed E-state index contributed by atoms with van der Waals surface area (Å²) in [5.74, 6) is 0.288. The van der Waals surface area contributed by atoms with Crippen molar-refractivity contribution in [2.45, 2.75) is 31.6 Å². The minimum atomic E-state index is -0.897. The molecular formula is C15H21NO2S2. The van der Waals surface area contributed by atoms with E-state index in [0.29, 0.717) is 4.75 Å². The zero-order valence-electron chi connectivity index (χ0n) is 12.0. The van der Waals surface area contributed by atoms with E-state index < -0.39 is 5.97 Å². The Morgan fingerprint density at radius 1 is 1.45 bits per heavy atom. The Hall–Kier alpha value is -0.780. The molecule has 2 rings (SSSR count). The first-order chi connectivity index (χ1) is 9.44. The second kappa shape index (κ2) is 6.78. The van der Waals surface area contributed by atoms with Crippen LogP contribution in [-0.4, -0.2) is 39.6 Å². The van der Waals surface area contributed by atoms with Crippen LogP contribution in [0.3, 0.4) is 0 Å². The molecule has 1 aromatic rings. The second-order valence-corrected chi connectivity index (χ2v) is 8.61. The van der Waals surface area contributed by atoms with E-state index in [1.54, 1.807) is 17.4 Å². The lowest BCUT2D eigenvalue weighted by atomic mass is 10.1. The fraction of sp³-hybridized carbons (Fsp3) is 0.533. The predicted molar refractivity (Wildman–Crippen MR) is 87.4 cm³/mol. The van der Waals surface area contributed by atoms with Crippen molar-refractivity contribution in [2.75, 3.05) is 18.8 Å². The monoisotopic (exact) mass is 311 g/mol. The summed E-state index contributed by atoms with van der Waals surface area (Å²) in [5, 5.41) is 8.63. The van der Waals surface area contributed by atoms with Crippen molar-refractivity contribution in [1.29, 1.82) is 0 Å². The summed E-state index contributed by atoms with van der Waals surface area (Å²) in [6, 6.07) is 4.10. The minimum Gasteiger partial charge on any atom is -0.478 e. The summed E-state index contributed by atoms with van der Waals surface area (Å²) in [6.45, 7) is 7.88. The van der Waals surface area contributed by atoms with E-state index in [0.717, 1.165) is 24.5 Å². The van der Waals surface area contributed by atoms with E-state index in [1.165, 1.54) is 23.1 Å². The summed E-state index contributed by atoms with van der Waals surface area (Å²) >= 11 is 3.73.